The molecule has 0 bridgehead atoms. The molecule has 0 saturated carbocycles. The third-order valence-corrected chi connectivity index (χ3v) is 4.69. The van der Waals surface area contributed by atoms with Crippen LogP contribution in [0.3, 0.4) is 0 Å². The summed E-state index contributed by atoms with van der Waals surface area (Å²) in [4.78, 5) is 2.41. The van der Waals surface area contributed by atoms with Crippen LogP contribution in [0.15, 0.2) is 48.5 Å². The molecule has 1 aliphatic heterocycles. The van der Waals surface area contributed by atoms with Gasteiger partial charge in [-0.25, -0.2) is 4.39 Å². The third-order valence-electron chi connectivity index (χ3n) is 4.39. The maximum absolute atomic E-state index is 13.7. The van der Waals surface area contributed by atoms with Crippen LogP contribution >= 0.6 is 11.6 Å². The quantitative estimate of drug-likeness (QED) is 0.925. The zero-order valence-electron chi connectivity index (χ0n) is 12.6. The molecule has 0 radical (unpaired) electrons. The van der Waals surface area contributed by atoms with Crippen LogP contribution in [0, 0.1) is 5.82 Å². The van der Waals surface area contributed by atoms with Crippen molar-refractivity contribution in [3.63, 3.8) is 0 Å². The number of likely N-dealkylation sites (tertiary alicyclic amines) is 1. The van der Waals surface area contributed by atoms with E-state index >= 15 is 0 Å². The second-order valence-corrected chi connectivity index (χ2v) is 6.26. The Hall–Kier alpha value is -1.42. The van der Waals surface area contributed by atoms with Crippen LogP contribution in [0.4, 0.5) is 4.39 Å². The van der Waals surface area contributed by atoms with E-state index in [1.807, 2.05) is 19.2 Å². The molecule has 1 heterocycles. The van der Waals surface area contributed by atoms with Gasteiger partial charge in [0.1, 0.15) is 5.82 Å². The monoisotopic (exact) mass is 318 g/mol. The van der Waals surface area contributed by atoms with E-state index in [2.05, 4.69) is 34.5 Å². The Balaban J connectivity index is 1.75. The first kappa shape index (κ1) is 15.5. The van der Waals surface area contributed by atoms with Gasteiger partial charge in [-0.15, -0.1) is 0 Å². The zero-order chi connectivity index (χ0) is 15.5. The molecule has 0 aromatic heterocycles. The van der Waals surface area contributed by atoms with Crippen molar-refractivity contribution >= 4 is 11.6 Å². The maximum atomic E-state index is 13.7. The molecule has 0 amide bonds. The molecule has 0 unspecified atom stereocenters. The lowest BCUT2D eigenvalue weighted by Crippen LogP contribution is -2.32. The van der Waals surface area contributed by atoms with Crippen LogP contribution < -0.4 is 5.32 Å². The summed E-state index contributed by atoms with van der Waals surface area (Å²) >= 11 is 5.79. The fraction of sp³-hybridized carbons (Fsp3) is 0.333. The van der Waals surface area contributed by atoms with Crippen LogP contribution in [0.1, 0.15) is 17.0 Å². The number of likely N-dealkylation sites (N-methyl/N-ethyl adjacent to an activating group) is 1. The third kappa shape index (κ3) is 3.32. The normalized spacial score (nSPS) is 22.1. The predicted octanol–water partition coefficient (Wildman–Crippen LogP) is 3.67. The van der Waals surface area contributed by atoms with Crippen LogP contribution in [0.25, 0.3) is 0 Å². The second-order valence-electron chi connectivity index (χ2n) is 5.85. The molecule has 0 spiro atoms. The van der Waals surface area contributed by atoms with E-state index in [1.54, 1.807) is 12.1 Å². The number of hydrogen-bond donors (Lipinski definition) is 1. The first-order chi connectivity index (χ1) is 10.7. The van der Waals surface area contributed by atoms with Gasteiger partial charge in [-0.3, -0.25) is 4.90 Å². The molecule has 1 fully saturated rings. The summed E-state index contributed by atoms with van der Waals surface area (Å²) in [6.45, 7) is 2.80. The average Bonchev–Trinajstić information content (AvgIpc) is 2.94. The van der Waals surface area contributed by atoms with Gasteiger partial charge < -0.3 is 5.32 Å². The fourth-order valence-corrected chi connectivity index (χ4v) is 3.35. The largest absolute Gasteiger partial charge is 0.315 e. The molecular weight excluding hydrogens is 299 g/mol. The lowest BCUT2D eigenvalue weighted by Gasteiger charge is -2.18. The van der Waals surface area contributed by atoms with E-state index in [1.165, 1.54) is 5.56 Å². The molecule has 2 aromatic carbocycles. The highest BCUT2D eigenvalue weighted by Crippen LogP contribution is 2.30. The number of rotatable bonds is 4. The summed E-state index contributed by atoms with van der Waals surface area (Å²) < 4.78 is 13.7. The Bertz CT molecular complexity index is 632. The summed E-state index contributed by atoms with van der Waals surface area (Å²) in [6, 6.07) is 15.9. The van der Waals surface area contributed by atoms with E-state index < -0.39 is 0 Å². The zero-order valence-corrected chi connectivity index (χ0v) is 13.4. The highest BCUT2D eigenvalue weighted by Gasteiger charge is 2.33. The summed E-state index contributed by atoms with van der Waals surface area (Å²) in [5, 5.41) is 3.55. The van der Waals surface area contributed by atoms with Crippen molar-refractivity contribution in [1.29, 1.82) is 0 Å². The van der Waals surface area contributed by atoms with Gasteiger partial charge in [-0.2, -0.15) is 0 Å². The maximum Gasteiger partial charge on any atom is 0.142 e. The molecule has 1 aliphatic rings. The molecule has 1 N–H and O–H groups in total. The van der Waals surface area contributed by atoms with Crippen LogP contribution in [0.5, 0.6) is 0 Å². The molecule has 1 saturated heterocycles. The summed E-state index contributed by atoms with van der Waals surface area (Å²) in [5.41, 5.74) is 2.32. The van der Waals surface area contributed by atoms with Crippen molar-refractivity contribution < 1.29 is 4.39 Å². The number of halogens is 2. The molecule has 3 rings (SSSR count). The summed E-state index contributed by atoms with van der Waals surface area (Å²) in [5.74, 6) is -0.0593. The molecular formula is C18H20ClFN2. The number of nitrogens with one attached hydrogen (secondary N) is 1. The van der Waals surface area contributed by atoms with E-state index in [4.69, 9.17) is 11.6 Å². The molecule has 0 aliphatic carbocycles. The molecule has 116 valence electrons. The molecule has 2 aromatic rings. The van der Waals surface area contributed by atoms with Gasteiger partial charge in [0.05, 0.1) is 5.02 Å². The van der Waals surface area contributed by atoms with Crippen LogP contribution in [0.2, 0.25) is 5.02 Å². The lowest BCUT2D eigenvalue weighted by atomic mass is 9.94. The first-order valence-electron chi connectivity index (χ1n) is 7.56. The van der Waals surface area contributed by atoms with E-state index in [0.717, 1.165) is 25.2 Å². The van der Waals surface area contributed by atoms with Crippen LogP contribution in [-0.4, -0.2) is 31.1 Å². The predicted molar refractivity (Wildman–Crippen MR) is 88.7 cm³/mol. The molecule has 4 heteroatoms. The topological polar surface area (TPSA) is 15.3 Å². The SMILES string of the molecule is CN[C@H]1CN(Cc2ccccc2)C[C@@H]1c1ccc(Cl)c(F)c1. The van der Waals surface area contributed by atoms with Crippen molar-refractivity contribution in [1.82, 2.24) is 10.2 Å². The van der Waals surface area contributed by atoms with Gasteiger partial charge in [0.2, 0.25) is 0 Å². The van der Waals surface area contributed by atoms with E-state index in [9.17, 15) is 4.39 Å². The number of nitrogens with zero attached hydrogens (tertiary/aromatic N) is 1. The van der Waals surface area contributed by atoms with Gasteiger partial charge >= 0.3 is 0 Å². The van der Waals surface area contributed by atoms with Crippen molar-refractivity contribution in [3.05, 3.63) is 70.5 Å². The summed E-state index contributed by atoms with van der Waals surface area (Å²) in [7, 11) is 1.97. The average molecular weight is 319 g/mol. The first-order valence-corrected chi connectivity index (χ1v) is 7.93. The van der Waals surface area contributed by atoms with Gasteiger partial charge in [-0.1, -0.05) is 48.0 Å². The Morgan fingerprint density at radius 1 is 1.18 bits per heavy atom. The van der Waals surface area contributed by atoms with Gasteiger partial charge in [-0.05, 0) is 30.3 Å². The van der Waals surface area contributed by atoms with Gasteiger partial charge in [0.15, 0.2) is 0 Å². The van der Waals surface area contributed by atoms with Crippen molar-refractivity contribution in [2.75, 3.05) is 20.1 Å². The summed E-state index contributed by atoms with van der Waals surface area (Å²) in [6.07, 6.45) is 0. The van der Waals surface area contributed by atoms with E-state index in [0.29, 0.717) is 6.04 Å². The van der Waals surface area contributed by atoms with Crippen molar-refractivity contribution in [3.8, 4) is 0 Å². The molecule has 2 atom stereocenters. The number of benzene rings is 2. The minimum Gasteiger partial charge on any atom is -0.315 e. The van der Waals surface area contributed by atoms with Gasteiger partial charge in [0.25, 0.3) is 0 Å². The second kappa shape index (κ2) is 6.78. The minimum atomic E-state index is -0.337. The minimum absolute atomic E-state index is 0.184. The standard InChI is InChI=1S/C18H20ClFN2/c1-21-18-12-22(10-13-5-3-2-4-6-13)11-15(18)14-7-8-16(19)17(20)9-14/h2-9,15,18,21H,10-12H2,1H3/t15-,18+/m1/s1. The molecule has 22 heavy (non-hydrogen) atoms. The highest BCUT2D eigenvalue weighted by atomic mass is 35.5. The van der Waals surface area contributed by atoms with Crippen molar-refractivity contribution in [2.24, 2.45) is 0 Å². The Morgan fingerprint density at radius 3 is 2.64 bits per heavy atom. The van der Waals surface area contributed by atoms with E-state index in [-0.39, 0.29) is 16.8 Å². The Kier molecular flexibility index (Phi) is 4.77. The Labute approximate surface area is 135 Å². The Morgan fingerprint density at radius 2 is 1.95 bits per heavy atom. The fourth-order valence-electron chi connectivity index (χ4n) is 3.23. The smallest absolute Gasteiger partial charge is 0.142 e. The highest BCUT2D eigenvalue weighted by molar-refractivity contribution is 6.30. The van der Waals surface area contributed by atoms with Crippen molar-refractivity contribution in [2.45, 2.75) is 18.5 Å². The van der Waals surface area contributed by atoms with Crippen LogP contribution in [-0.2, 0) is 6.54 Å². The lowest BCUT2D eigenvalue weighted by molar-refractivity contribution is 0.320. The molecule has 2 nitrogen and oxygen atoms in total. The van der Waals surface area contributed by atoms with Gasteiger partial charge in [0, 0.05) is 31.6 Å². The number of hydrogen-bond acceptors (Lipinski definition) is 2.